The molecular weight excluding hydrogens is 336 g/mol. The summed E-state index contributed by atoms with van der Waals surface area (Å²) in [7, 11) is 0. The van der Waals surface area contributed by atoms with Gasteiger partial charge in [-0.1, -0.05) is 40.9 Å². The third-order valence-corrected chi connectivity index (χ3v) is 6.12. The summed E-state index contributed by atoms with van der Waals surface area (Å²) < 4.78 is 1.20. The average molecular weight is 363 g/mol. The van der Waals surface area contributed by atoms with Crippen molar-refractivity contribution in [2.75, 3.05) is 0 Å². The fourth-order valence-electron chi connectivity index (χ4n) is 4.44. The van der Waals surface area contributed by atoms with Gasteiger partial charge in [-0.05, 0) is 62.1 Å². The number of fused-ring (bicyclic) bond motifs is 2. The molecule has 0 spiro atoms. The molecule has 2 heterocycles. The molecule has 1 aromatic carbocycles. The number of benzene rings is 1. The van der Waals surface area contributed by atoms with Crippen molar-refractivity contribution in [3.05, 3.63) is 34.3 Å². The lowest BCUT2D eigenvalue weighted by molar-refractivity contribution is 0.283. The van der Waals surface area contributed by atoms with Crippen LogP contribution < -0.4 is 10.6 Å². The number of nitrogens with one attached hydrogen (secondary N) is 2. The van der Waals surface area contributed by atoms with Crippen LogP contribution in [-0.2, 0) is 6.42 Å². The predicted molar refractivity (Wildman–Crippen MR) is 95.1 cm³/mol. The van der Waals surface area contributed by atoms with Gasteiger partial charge in [-0.3, -0.25) is 0 Å². The van der Waals surface area contributed by atoms with Gasteiger partial charge < -0.3 is 10.6 Å². The molecule has 0 aromatic heterocycles. The van der Waals surface area contributed by atoms with Crippen LogP contribution in [0.25, 0.3) is 0 Å². The smallest absolute Gasteiger partial charge is 0.0178 e. The Labute approximate surface area is 142 Å². The Hall–Kier alpha value is -0.380. The standard InChI is InChI=1S/C19H27BrN2/c20-15-3-1-2-14(8-15)10-18(9-13-4-5-13)22-19-11-16-6-7-17(12-19)21-16/h1-3,8,13,16-19,21-22H,4-7,9-12H2. The molecule has 2 bridgehead atoms. The molecule has 3 heteroatoms. The van der Waals surface area contributed by atoms with E-state index in [9.17, 15) is 0 Å². The highest BCUT2D eigenvalue weighted by atomic mass is 79.9. The molecular formula is C19H27BrN2. The van der Waals surface area contributed by atoms with E-state index in [-0.39, 0.29) is 0 Å². The van der Waals surface area contributed by atoms with E-state index in [0.29, 0.717) is 6.04 Å². The second kappa shape index (κ2) is 6.62. The molecule has 2 N–H and O–H groups in total. The molecule has 2 saturated heterocycles. The summed E-state index contributed by atoms with van der Waals surface area (Å²) in [5, 5.41) is 7.80. The first kappa shape index (κ1) is 15.2. The SMILES string of the molecule is Brc1cccc(CC(CC2CC2)NC2CC3CCC(C2)N3)c1. The maximum Gasteiger partial charge on any atom is 0.0178 e. The van der Waals surface area contributed by atoms with Gasteiger partial charge in [0.25, 0.3) is 0 Å². The highest BCUT2D eigenvalue weighted by molar-refractivity contribution is 9.10. The van der Waals surface area contributed by atoms with Crippen LogP contribution in [0, 0.1) is 5.92 Å². The minimum absolute atomic E-state index is 0.657. The molecule has 3 fully saturated rings. The number of piperidine rings is 1. The molecule has 1 aliphatic carbocycles. The molecule has 4 rings (SSSR count). The summed E-state index contributed by atoms with van der Waals surface area (Å²) in [4.78, 5) is 0. The Morgan fingerprint density at radius 2 is 1.91 bits per heavy atom. The van der Waals surface area contributed by atoms with Crippen LogP contribution in [0.4, 0.5) is 0 Å². The number of halogens is 1. The first-order valence-electron chi connectivity index (χ1n) is 9.01. The van der Waals surface area contributed by atoms with Crippen molar-refractivity contribution in [3.63, 3.8) is 0 Å². The van der Waals surface area contributed by atoms with Gasteiger partial charge in [0.15, 0.2) is 0 Å². The van der Waals surface area contributed by atoms with Gasteiger partial charge >= 0.3 is 0 Å². The monoisotopic (exact) mass is 362 g/mol. The third kappa shape index (κ3) is 3.93. The zero-order chi connectivity index (χ0) is 14.9. The predicted octanol–water partition coefficient (Wildman–Crippen LogP) is 4.03. The summed E-state index contributed by atoms with van der Waals surface area (Å²) in [6, 6.07) is 11.8. The second-order valence-electron chi connectivity index (χ2n) is 7.68. The van der Waals surface area contributed by atoms with Gasteiger partial charge in [-0.15, -0.1) is 0 Å². The average Bonchev–Trinajstić information content (AvgIpc) is 3.23. The van der Waals surface area contributed by atoms with Crippen molar-refractivity contribution in [2.45, 2.75) is 75.5 Å². The molecule has 2 nitrogen and oxygen atoms in total. The van der Waals surface area contributed by atoms with Gasteiger partial charge in [0, 0.05) is 28.6 Å². The van der Waals surface area contributed by atoms with E-state index in [1.165, 1.54) is 61.4 Å². The van der Waals surface area contributed by atoms with Crippen LogP contribution in [-0.4, -0.2) is 24.2 Å². The van der Waals surface area contributed by atoms with Gasteiger partial charge in [-0.25, -0.2) is 0 Å². The Balaban J connectivity index is 1.39. The van der Waals surface area contributed by atoms with Crippen molar-refractivity contribution in [1.82, 2.24) is 10.6 Å². The van der Waals surface area contributed by atoms with Crippen molar-refractivity contribution < 1.29 is 0 Å². The van der Waals surface area contributed by atoms with Crippen molar-refractivity contribution in [3.8, 4) is 0 Å². The molecule has 3 unspecified atom stereocenters. The lowest BCUT2D eigenvalue weighted by Crippen LogP contribution is -2.49. The Kier molecular flexibility index (Phi) is 4.57. The molecule has 22 heavy (non-hydrogen) atoms. The highest BCUT2D eigenvalue weighted by Crippen LogP contribution is 2.35. The fraction of sp³-hybridized carbons (Fsp3) is 0.684. The molecule has 2 aliphatic heterocycles. The van der Waals surface area contributed by atoms with Crippen molar-refractivity contribution in [2.24, 2.45) is 5.92 Å². The quantitative estimate of drug-likeness (QED) is 0.797. The van der Waals surface area contributed by atoms with Crippen molar-refractivity contribution >= 4 is 15.9 Å². The lowest BCUT2D eigenvalue weighted by atomic mass is 9.95. The van der Waals surface area contributed by atoms with Crippen LogP contribution in [0.15, 0.2) is 28.7 Å². The summed E-state index contributed by atoms with van der Waals surface area (Å²) in [6.45, 7) is 0. The molecule has 120 valence electrons. The normalized spacial score (nSPS) is 32.1. The van der Waals surface area contributed by atoms with Crippen LogP contribution in [0.3, 0.4) is 0 Å². The minimum atomic E-state index is 0.657. The largest absolute Gasteiger partial charge is 0.311 e. The zero-order valence-corrected chi connectivity index (χ0v) is 14.8. The summed E-state index contributed by atoms with van der Waals surface area (Å²) in [6.07, 6.45) is 10.9. The van der Waals surface area contributed by atoms with Crippen LogP contribution in [0.2, 0.25) is 0 Å². The van der Waals surface area contributed by atoms with Gasteiger partial charge in [0.2, 0.25) is 0 Å². The molecule has 0 amide bonds. The molecule has 1 saturated carbocycles. The van der Waals surface area contributed by atoms with Crippen molar-refractivity contribution in [1.29, 1.82) is 0 Å². The van der Waals surface area contributed by atoms with E-state index in [1.54, 1.807) is 0 Å². The molecule has 0 radical (unpaired) electrons. The summed E-state index contributed by atoms with van der Waals surface area (Å²) >= 11 is 3.61. The fourth-order valence-corrected chi connectivity index (χ4v) is 4.89. The van der Waals surface area contributed by atoms with E-state index < -0.39 is 0 Å². The number of rotatable bonds is 6. The Morgan fingerprint density at radius 3 is 2.59 bits per heavy atom. The third-order valence-electron chi connectivity index (χ3n) is 5.63. The Morgan fingerprint density at radius 1 is 1.14 bits per heavy atom. The van der Waals surface area contributed by atoms with Crippen LogP contribution in [0.5, 0.6) is 0 Å². The maximum atomic E-state index is 4.04. The zero-order valence-electron chi connectivity index (χ0n) is 13.2. The van der Waals surface area contributed by atoms with Crippen LogP contribution in [0.1, 0.15) is 50.5 Å². The van der Waals surface area contributed by atoms with Gasteiger partial charge in [0.1, 0.15) is 0 Å². The molecule has 1 aromatic rings. The topological polar surface area (TPSA) is 24.1 Å². The number of hydrogen-bond acceptors (Lipinski definition) is 2. The number of hydrogen-bond donors (Lipinski definition) is 2. The summed E-state index contributed by atoms with van der Waals surface area (Å²) in [5.41, 5.74) is 1.46. The maximum absolute atomic E-state index is 4.04. The van der Waals surface area contributed by atoms with E-state index in [1.807, 2.05) is 0 Å². The van der Waals surface area contributed by atoms with E-state index >= 15 is 0 Å². The van der Waals surface area contributed by atoms with E-state index in [2.05, 4.69) is 50.8 Å². The second-order valence-corrected chi connectivity index (χ2v) is 8.60. The molecule has 3 atom stereocenters. The first-order chi connectivity index (χ1) is 10.7. The highest BCUT2D eigenvalue weighted by Gasteiger charge is 2.35. The van der Waals surface area contributed by atoms with E-state index in [4.69, 9.17) is 0 Å². The lowest BCUT2D eigenvalue weighted by Gasteiger charge is -2.33. The van der Waals surface area contributed by atoms with Gasteiger partial charge in [-0.2, -0.15) is 0 Å². The summed E-state index contributed by atoms with van der Waals surface area (Å²) in [5.74, 6) is 0.989. The molecule has 3 aliphatic rings. The van der Waals surface area contributed by atoms with Crippen LogP contribution >= 0.6 is 15.9 Å². The first-order valence-corrected chi connectivity index (χ1v) is 9.80. The Bertz CT molecular complexity index is 502. The minimum Gasteiger partial charge on any atom is -0.311 e. The van der Waals surface area contributed by atoms with Gasteiger partial charge in [0.05, 0.1) is 0 Å². The van der Waals surface area contributed by atoms with E-state index in [0.717, 1.165) is 24.0 Å².